The summed E-state index contributed by atoms with van der Waals surface area (Å²) in [5.41, 5.74) is 8.53. The second-order valence-corrected chi connectivity index (χ2v) is 5.30. The highest BCUT2D eigenvalue weighted by Gasteiger charge is 2.24. The van der Waals surface area contributed by atoms with Crippen molar-refractivity contribution in [2.45, 2.75) is 6.61 Å². The molecule has 28 heavy (non-hydrogen) atoms. The second-order valence-electron chi connectivity index (χ2n) is 5.30. The first-order valence-electron chi connectivity index (χ1n) is 7.78. The number of methoxy groups -OCH3 is 2. The lowest BCUT2D eigenvalue weighted by molar-refractivity contribution is 0.0941. The van der Waals surface area contributed by atoms with E-state index in [4.69, 9.17) is 15.2 Å². The van der Waals surface area contributed by atoms with Crippen LogP contribution in [-0.2, 0) is 11.3 Å². The molecule has 1 aromatic carbocycles. The van der Waals surface area contributed by atoms with Crippen LogP contribution in [0, 0.1) is 0 Å². The first-order chi connectivity index (χ1) is 13.6. The molecule has 13 heteroatoms. The van der Waals surface area contributed by atoms with Crippen LogP contribution >= 0.6 is 0 Å². The first-order valence-corrected chi connectivity index (χ1v) is 7.78. The van der Waals surface area contributed by atoms with Crippen molar-refractivity contribution in [3.05, 3.63) is 35.2 Å². The topological polar surface area (TPSA) is 176 Å². The van der Waals surface area contributed by atoms with Crippen LogP contribution in [0.1, 0.15) is 21.7 Å². The Labute approximate surface area is 157 Å². The molecule has 0 unspecified atom stereocenters. The molecule has 0 saturated heterocycles. The van der Waals surface area contributed by atoms with Gasteiger partial charge in [0.2, 0.25) is 11.6 Å². The molecule has 0 radical (unpaired) electrons. The molecule has 0 aliphatic carbocycles. The van der Waals surface area contributed by atoms with Crippen molar-refractivity contribution in [2.75, 3.05) is 20.0 Å². The van der Waals surface area contributed by atoms with Crippen LogP contribution < -0.4 is 15.9 Å². The van der Waals surface area contributed by atoms with Crippen LogP contribution in [0.15, 0.2) is 27.9 Å². The van der Waals surface area contributed by atoms with Gasteiger partial charge in [0.25, 0.3) is 5.91 Å². The molecule has 0 aliphatic rings. The molecular formula is C15H16N8O5. The van der Waals surface area contributed by atoms with E-state index in [0.717, 1.165) is 4.68 Å². The number of para-hydroxylation sites is 1. The molecule has 146 valence electrons. The smallest absolute Gasteiger partial charge is 0.292 e. The summed E-state index contributed by atoms with van der Waals surface area (Å²) in [6.07, 6.45) is 1.26. The molecule has 4 N–H and O–H groups in total. The summed E-state index contributed by atoms with van der Waals surface area (Å²) in [5, 5.41) is 28.7. The Bertz CT molecular complexity index is 1010. The molecular weight excluding hydrogens is 372 g/mol. The van der Waals surface area contributed by atoms with Gasteiger partial charge in [-0.3, -0.25) is 4.79 Å². The van der Waals surface area contributed by atoms with E-state index in [-0.39, 0.29) is 41.1 Å². The number of amides is 1. The largest absolute Gasteiger partial charge is 0.504 e. The molecule has 0 fully saturated rings. The lowest BCUT2D eigenvalue weighted by Crippen LogP contribution is -2.23. The number of hydrogen-bond donors (Lipinski definition) is 3. The lowest BCUT2D eigenvalue weighted by Gasteiger charge is -2.06. The van der Waals surface area contributed by atoms with Gasteiger partial charge in [0, 0.05) is 12.7 Å². The molecule has 3 rings (SSSR count). The maximum Gasteiger partial charge on any atom is 0.292 e. The number of nitrogen functional groups attached to an aromatic ring is 1. The Morgan fingerprint density at radius 1 is 1.43 bits per heavy atom. The van der Waals surface area contributed by atoms with Gasteiger partial charge in [-0.05, 0) is 22.4 Å². The van der Waals surface area contributed by atoms with Gasteiger partial charge in [-0.15, -0.1) is 5.10 Å². The van der Waals surface area contributed by atoms with E-state index < -0.39 is 5.91 Å². The molecule has 3 aromatic rings. The quantitative estimate of drug-likeness (QED) is 0.364. The van der Waals surface area contributed by atoms with Gasteiger partial charge in [-0.2, -0.15) is 9.78 Å². The fourth-order valence-corrected chi connectivity index (χ4v) is 2.28. The Balaban J connectivity index is 1.86. The van der Waals surface area contributed by atoms with Crippen LogP contribution in [0.25, 0.3) is 5.82 Å². The molecule has 13 nitrogen and oxygen atoms in total. The average molecular weight is 388 g/mol. The van der Waals surface area contributed by atoms with E-state index in [2.05, 4.69) is 35.8 Å². The van der Waals surface area contributed by atoms with Gasteiger partial charge in [0.05, 0.1) is 19.9 Å². The van der Waals surface area contributed by atoms with Crippen molar-refractivity contribution in [1.29, 1.82) is 0 Å². The SMILES string of the molecule is COCc1nnn(-c2nonc2N)c1C(=O)N/N=C\c1cccc(OC)c1O. The Kier molecular flexibility index (Phi) is 5.45. The highest BCUT2D eigenvalue weighted by molar-refractivity contribution is 5.95. The summed E-state index contributed by atoms with van der Waals surface area (Å²) in [4.78, 5) is 12.6. The van der Waals surface area contributed by atoms with Crippen LogP contribution in [0.2, 0.25) is 0 Å². The summed E-state index contributed by atoms with van der Waals surface area (Å²) >= 11 is 0. The maximum absolute atomic E-state index is 12.6. The highest BCUT2D eigenvalue weighted by atomic mass is 16.6. The third kappa shape index (κ3) is 3.59. The number of benzene rings is 1. The molecule has 2 heterocycles. The van der Waals surface area contributed by atoms with E-state index in [1.165, 1.54) is 20.4 Å². The second kappa shape index (κ2) is 8.13. The number of aromatic nitrogens is 5. The standard InChI is InChI=1S/C15H16N8O5/c1-26-7-9-11(23(22-18-9)14-13(16)20-28-21-14)15(25)19-17-6-8-4-3-5-10(27-2)12(8)24/h3-6,24H,7H2,1-2H3,(H2,16,20)(H,19,25)/b17-6-. The number of carbonyl (C=O) groups excluding carboxylic acids is 1. The number of hydrogen-bond acceptors (Lipinski definition) is 11. The van der Waals surface area contributed by atoms with Crippen molar-refractivity contribution in [1.82, 2.24) is 30.7 Å². The maximum atomic E-state index is 12.6. The zero-order chi connectivity index (χ0) is 20.1. The van der Waals surface area contributed by atoms with E-state index in [1.54, 1.807) is 18.2 Å². The summed E-state index contributed by atoms with van der Waals surface area (Å²) in [6, 6.07) is 4.85. The van der Waals surface area contributed by atoms with Crippen molar-refractivity contribution in [3.8, 4) is 17.3 Å². The number of nitrogens with two attached hydrogens (primary N) is 1. The van der Waals surface area contributed by atoms with Crippen LogP contribution in [0.3, 0.4) is 0 Å². The Hall–Kier alpha value is -4.00. The Morgan fingerprint density at radius 2 is 2.25 bits per heavy atom. The van der Waals surface area contributed by atoms with Gasteiger partial charge in [-0.1, -0.05) is 11.3 Å². The predicted molar refractivity (Wildman–Crippen MR) is 94.1 cm³/mol. The predicted octanol–water partition coefficient (Wildman–Crippen LogP) is -0.143. The minimum atomic E-state index is -0.668. The van der Waals surface area contributed by atoms with Crippen molar-refractivity contribution in [2.24, 2.45) is 5.10 Å². The van der Waals surface area contributed by atoms with E-state index in [0.29, 0.717) is 5.56 Å². The number of ether oxygens (including phenoxy) is 2. The molecule has 2 aromatic heterocycles. The molecule has 0 atom stereocenters. The average Bonchev–Trinajstić information content (AvgIpc) is 3.29. The third-order valence-electron chi connectivity index (χ3n) is 3.55. The van der Waals surface area contributed by atoms with Crippen molar-refractivity contribution in [3.63, 3.8) is 0 Å². The third-order valence-corrected chi connectivity index (χ3v) is 3.55. The van der Waals surface area contributed by atoms with Crippen LogP contribution in [0.4, 0.5) is 5.82 Å². The number of phenolic OH excluding ortho intramolecular Hbond substituents is 1. The van der Waals surface area contributed by atoms with Crippen molar-refractivity contribution < 1.29 is 24.0 Å². The number of anilines is 1. The summed E-state index contributed by atoms with van der Waals surface area (Å²) in [5.74, 6) is -0.592. The van der Waals surface area contributed by atoms with Gasteiger partial charge < -0.3 is 20.3 Å². The summed E-state index contributed by atoms with van der Waals surface area (Å²) < 4.78 is 15.6. The molecule has 0 aliphatic heterocycles. The Morgan fingerprint density at radius 3 is 2.93 bits per heavy atom. The summed E-state index contributed by atoms with van der Waals surface area (Å²) in [6.45, 7) is 0.00826. The number of aromatic hydroxyl groups is 1. The first kappa shape index (κ1) is 18.8. The van der Waals surface area contributed by atoms with Crippen LogP contribution in [0.5, 0.6) is 11.5 Å². The fourth-order valence-electron chi connectivity index (χ4n) is 2.28. The number of nitrogens with one attached hydrogen (secondary N) is 1. The number of carbonyl (C=O) groups is 1. The molecule has 0 spiro atoms. The van der Waals surface area contributed by atoms with Gasteiger partial charge in [0.1, 0.15) is 5.69 Å². The minimum Gasteiger partial charge on any atom is -0.504 e. The van der Waals surface area contributed by atoms with Crippen molar-refractivity contribution >= 4 is 17.9 Å². The van der Waals surface area contributed by atoms with E-state index in [1.807, 2.05) is 0 Å². The minimum absolute atomic E-state index is 0.00516. The van der Waals surface area contributed by atoms with E-state index in [9.17, 15) is 9.90 Å². The monoisotopic (exact) mass is 388 g/mol. The number of phenols is 1. The lowest BCUT2D eigenvalue weighted by atomic mass is 10.2. The van der Waals surface area contributed by atoms with Gasteiger partial charge in [-0.25, -0.2) is 10.1 Å². The zero-order valence-electron chi connectivity index (χ0n) is 14.9. The normalized spacial score (nSPS) is 11.1. The number of rotatable bonds is 7. The fraction of sp³-hybridized carbons (Fsp3) is 0.200. The van der Waals surface area contributed by atoms with Crippen LogP contribution in [-0.4, -0.2) is 56.8 Å². The van der Waals surface area contributed by atoms with Gasteiger partial charge >= 0.3 is 0 Å². The molecule has 0 bridgehead atoms. The van der Waals surface area contributed by atoms with E-state index >= 15 is 0 Å². The zero-order valence-corrected chi connectivity index (χ0v) is 14.9. The molecule has 0 saturated carbocycles. The van der Waals surface area contributed by atoms with Gasteiger partial charge in [0.15, 0.2) is 17.2 Å². The summed E-state index contributed by atoms with van der Waals surface area (Å²) in [7, 11) is 2.87. The molecule has 1 amide bonds. The number of hydrazone groups is 1. The highest BCUT2D eigenvalue weighted by Crippen LogP contribution is 2.27. The number of nitrogens with zero attached hydrogens (tertiary/aromatic N) is 6.